The number of carbonyl (C=O) groups excluding carboxylic acids is 2. The first-order valence-electron chi connectivity index (χ1n) is 6.08. The van der Waals surface area contributed by atoms with E-state index in [1.54, 1.807) is 18.2 Å². The second-order valence-electron chi connectivity index (χ2n) is 4.02. The lowest BCUT2D eigenvalue weighted by molar-refractivity contribution is -0.126. The second kappa shape index (κ2) is 7.34. The standard InChI is InChI=1S/C13H19N3O4/c1-8(12(17)16-13(18)15-2)20-10-5-4-9(7-14)6-11(10)19-3/h4-6,8H,7,14H2,1-3H3,(H2,15,16,17,18). The Bertz CT molecular complexity index is 491. The van der Waals surface area contributed by atoms with E-state index in [-0.39, 0.29) is 0 Å². The molecule has 4 N–H and O–H groups in total. The van der Waals surface area contributed by atoms with Crippen molar-refractivity contribution in [3.63, 3.8) is 0 Å². The van der Waals surface area contributed by atoms with Crippen LogP contribution in [0.2, 0.25) is 0 Å². The summed E-state index contributed by atoms with van der Waals surface area (Å²) in [6.45, 7) is 1.91. The number of hydrogen-bond acceptors (Lipinski definition) is 5. The van der Waals surface area contributed by atoms with Gasteiger partial charge in [0.2, 0.25) is 0 Å². The fourth-order valence-electron chi connectivity index (χ4n) is 1.46. The van der Waals surface area contributed by atoms with E-state index in [0.717, 1.165) is 5.56 Å². The van der Waals surface area contributed by atoms with E-state index < -0.39 is 18.0 Å². The van der Waals surface area contributed by atoms with Crippen LogP contribution in [0.15, 0.2) is 18.2 Å². The van der Waals surface area contributed by atoms with Crippen LogP contribution in [0.4, 0.5) is 4.79 Å². The molecule has 0 aromatic heterocycles. The van der Waals surface area contributed by atoms with E-state index in [2.05, 4.69) is 10.6 Å². The van der Waals surface area contributed by atoms with Crippen LogP contribution < -0.4 is 25.8 Å². The quantitative estimate of drug-likeness (QED) is 0.724. The maximum Gasteiger partial charge on any atom is 0.321 e. The third-order valence-electron chi connectivity index (χ3n) is 2.60. The summed E-state index contributed by atoms with van der Waals surface area (Å²) in [4.78, 5) is 22.7. The Morgan fingerprint density at radius 1 is 1.35 bits per heavy atom. The van der Waals surface area contributed by atoms with E-state index in [0.29, 0.717) is 18.0 Å². The first-order valence-corrected chi connectivity index (χ1v) is 6.08. The van der Waals surface area contributed by atoms with Crippen LogP contribution in [0.1, 0.15) is 12.5 Å². The number of urea groups is 1. The Morgan fingerprint density at radius 2 is 2.05 bits per heavy atom. The Kier molecular flexibility index (Phi) is 5.79. The van der Waals surface area contributed by atoms with Crippen molar-refractivity contribution >= 4 is 11.9 Å². The maximum absolute atomic E-state index is 11.7. The van der Waals surface area contributed by atoms with Crippen molar-refractivity contribution in [3.05, 3.63) is 23.8 Å². The highest BCUT2D eigenvalue weighted by Crippen LogP contribution is 2.28. The molecule has 7 heteroatoms. The van der Waals surface area contributed by atoms with E-state index in [1.165, 1.54) is 21.1 Å². The predicted molar refractivity (Wildman–Crippen MR) is 73.6 cm³/mol. The highest BCUT2D eigenvalue weighted by Gasteiger charge is 2.18. The van der Waals surface area contributed by atoms with Gasteiger partial charge in [0.25, 0.3) is 5.91 Å². The van der Waals surface area contributed by atoms with Gasteiger partial charge >= 0.3 is 6.03 Å². The SMILES string of the molecule is CNC(=O)NC(=O)C(C)Oc1ccc(CN)cc1OC. The molecule has 1 aromatic carbocycles. The average Bonchev–Trinajstić information content (AvgIpc) is 2.47. The van der Waals surface area contributed by atoms with Crippen LogP contribution in [-0.4, -0.2) is 32.2 Å². The third kappa shape index (κ3) is 4.13. The van der Waals surface area contributed by atoms with Crippen molar-refractivity contribution in [2.45, 2.75) is 19.6 Å². The largest absolute Gasteiger partial charge is 0.493 e. The fourth-order valence-corrected chi connectivity index (χ4v) is 1.46. The molecule has 7 nitrogen and oxygen atoms in total. The minimum absolute atomic E-state index is 0.378. The summed E-state index contributed by atoms with van der Waals surface area (Å²) in [7, 11) is 2.92. The number of methoxy groups -OCH3 is 1. The summed E-state index contributed by atoms with van der Waals surface area (Å²) < 4.78 is 10.7. The first kappa shape index (κ1) is 15.8. The maximum atomic E-state index is 11.7. The van der Waals surface area contributed by atoms with Gasteiger partial charge < -0.3 is 20.5 Å². The molecule has 0 bridgehead atoms. The highest BCUT2D eigenvalue weighted by molar-refractivity contribution is 5.96. The molecule has 1 rings (SSSR count). The molecule has 1 atom stereocenters. The zero-order chi connectivity index (χ0) is 15.1. The van der Waals surface area contributed by atoms with Crippen molar-refractivity contribution in [3.8, 4) is 11.5 Å². The molecule has 0 saturated heterocycles. The molecule has 20 heavy (non-hydrogen) atoms. The molecule has 0 radical (unpaired) electrons. The predicted octanol–water partition coefficient (Wildman–Crippen LogP) is 0.377. The lowest BCUT2D eigenvalue weighted by Crippen LogP contribution is -2.44. The van der Waals surface area contributed by atoms with Crippen LogP contribution in [0.5, 0.6) is 11.5 Å². The molecular formula is C13H19N3O4. The fraction of sp³-hybridized carbons (Fsp3) is 0.385. The second-order valence-corrected chi connectivity index (χ2v) is 4.02. The van der Waals surface area contributed by atoms with Gasteiger partial charge in [0, 0.05) is 13.6 Å². The summed E-state index contributed by atoms with van der Waals surface area (Å²) in [5.41, 5.74) is 6.42. The molecule has 1 aromatic rings. The zero-order valence-corrected chi connectivity index (χ0v) is 11.7. The van der Waals surface area contributed by atoms with Gasteiger partial charge in [-0.25, -0.2) is 4.79 Å². The van der Waals surface area contributed by atoms with Gasteiger partial charge in [-0.3, -0.25) is 10.1 Å². The average molecular weight is 281 g/mol. The number of nitrogens with one attached hydrogen (secondary N) is 2. The Hall–Kier alpha value is -2.28. The monoisotopic (exact) mass is 281 g/mol. The highest BCUT2D eigenvalue weighted by atomic mass is 16.5. The molecule has 0 aliphatic rings. The molecule has 0 spiro atoms. The third-order valence-corrected chi connectivity index (χ3v) is 2.60. The molecule has 3 amide bonds. The summed E-state index contributed by atoms with van der Waals surface area (Å²) >= 11 is 0. The normalized spacial score (nSPS) is 11.4. The van der Waals surface area contributed by atoms with E-state index in [9.17, 15) is 9.59 Å². The number of amides is 3. The van der Waals surface area contributed by atoms with E-state index in [1.807, 2.05) is 0 Å². The van der Waals surface area contributed by atoms with Gasteiger partial charge in [-0.1, -0.05) is 6.07 Å². The van der Waals surface area contributed by atoms with Crippen LogP contribution in [-0.2, 0) is 11.3 Å². The number of ether oxygens (including phenoxy) is 2. The summed E-state index contributed by atoms with van der Waals surface area (Å²) in [6.07, 6.45) is -0.843. The minimum atomic E-state index is -0.843. The number of nitrogens with two attached hydrogens (primary N) is 1. The number of rotatable bonds is 5. The summed E-state index contributed by atoms with van der Waals surface area (Å²) in [5, 5.41) is 4.42. The number of imide groups is 1. The Labute approximate surface area is 117 Å². The van der Waals surface area contributed by atoms with Crippen molar-refractivity contribution in [2.75, 3.05) is 14.2 Å². The molecular weight excluding hydrogens is 262 g/mol. The minimum Gasteiger partial charge on any atom is -0.493 e. The lowest BCUT2D eigenvalue weighted by Gasteiger charge is -2.16. The lowest BCUT2D eigenvalue weighted by atomic mass is 10.2. The molecule has 0 aliphatic carbocycles. The van der Waals surface area contributed by atoms with Gasteiger partial charge in [0.15, 0.2) is 17.6 Å². The Balaban J connectivity index is 2.77. The van der Waals surface area contributed by atoms with E-state index >= 15 is 0 Å². The topological polar surface area (TPSA) is 103 Å². The molecule has 1 unspecified atom stereocenters. The van der Waals surface area contributed by atoms with E-state index in [4.69, 9.17) is 15.2 Å². The van der Waals surface area contributed by atoms with Crippen molar-refractivity contribution in [1.82, 2.24) is 10.6 Å². The molecule has 0 aliphatic heterocycles. The van der Waals surface area contributed by atoms with Crippen LogP contribution in [0.3, 0.4) is 0 Å². The number of carbonyl (C=O) groups is 2. The van der Waals surface area contributed by atoms with Crippen LogP contribution in [0, 0.1) is 0 Å². The van der Waals surface area contributed by atoms with Crippen molar-refractivity contribution in [1.29, 1.82) is 0 Å². The van der Waals surface area contributed by atoms with Crippen molar-refractivity contribution < 1.29 is 19.1 Å². The van der Waals surface area contributed by atoms with Gasteiger partial charge in [-0.05, 0) is 24.6 Å². The molecule has 110 valence electrons. The van der Waals surface area contributed by atoms with Crippen LogP contribution in [0.25, 0.3) is 0 Å². The zero-order valence-electron chi connectivity index (χ0n) is 11.7. The van der Waals surface area contributed by atoms with Gasteiger partial charge in [-0.2, -0.15) is 0 Å². The van der Waals surface area contributed by atoms with Gasteiger partial charge in [0.1, 0.15) is 0 Å². The molecule has 0 fully saturated rings. The number of hydrogen-bond donors (Lipinski definition) is 3. The summed E-state index contributed by atoms with van der Waals surface area (Å²) in [6, 6.07) is 4.60. The van der Waals surface area contributed by atoms with Crippen LogP contribution >= 0.6 is 0 Å². The first-order chi connectivity index (χ1) is 9.51. The smallest absolute Gasteiger partial charge is 0.321 e. The molecule has 0 saturated carbocycles. The van der Waals surface area contributed by atoms with Gasteiger partial charge in [0.05, 0.1) is 7.11 Å². The van der Waals surface area contributed by atoms with Gasteiger partial charge in [-0.15, -0.1) is 0 Å². The Morgan fingerprint density at radius 3 is 2.60 bits per heavy atom. The van der Waals surface area contributed by atoms with Crippen molar-refractivity contribution in [2.24, 2.45) is 5.73 Å². The summed E-state index contributed by atoms with van der Waals surface area (Å²) in [5.74, 6) is 0.339. The molecule has 0 heterocycles. The number of benzene rings is 1.